The first-order valence-electron chi connectivity index (χ1n) is 9.08. The molecule has 1 fully saturated rings. The lowest BCUT2D eigenvalue weighted by Gasteiger charge is -2.32. The maximum absolute atomic E-state index is 12.5. The summed E-state index contributed by atoms with van der Waals surface area (Å²) < 4.78 is 10.4. The number of likely N-dealkylation sites (tertiary alicyclic amines) is 1. The molecule has 1 saturated heterocycles. The Morgan fingerprint density at radius 1 is 1.00 bits per heavy atom. The van der Waals surface area contributed by atoms with Gasteiger partial charge < -0.3 is 19.7 Å². The van der Waals surface area contributed by atoms with E-state index in [1.165, 1.54) is 0 Å². The summed E-state index contributed by atoms with van der Waals surface area (Å²) in [6.45, 7) is 1.26. The first-order chi connectivity index (χ1) is 13.1. The number of piperidine rings is 1. The molecule has 2 aromatic carbocycles. The van der Waals surface area contributed by atoms with Crippen molar-refractivity contribution in [1.29, 1.82) is 0 Å². The number of hydrogen-bond donors (Lipinski definition) is 1. The molecule has 0 unspecified atom stereocenters. The summed E-state index contributed by atoms with van der Waals surface area (Å²) in [5, 5.41) is 2.88. The third-order valence-electron chi connectivity index (χ3n) is 4.64. The summed E-state index contributed by atoms with van der Waals surface area (Å²) in [6, 6.07) is 16.5. The lowest BCUT2D eigenvalue weighted by Crippen LogP contribution is -2.47. The van der Waals surface area contributed by atoms with Gasteiger partial charge in [-0.2, -0.15) is 0 Å². The van der Waals surface area contributed by atoms with Crippen molar-refractivity contribution in [3.63, 3.8) is 0 Å². The minimum atomic E-state index is -0.454. The van der Waals surface area contributed by atoms with Crippen molar-refractivity contribution in [1.82, 2.24) is 10.2 Å². The molecule has 1 N–H and O–H groups in total. The molecule has 0 spiro atoms. The Kier molecular flexibility index (Phi) is 6.30. The van der Waals surface area contributed by atoms with Crippen LogP contribution in [-0.2, 0) is 11.2 Å². The molecule has 3 rings (SSSR count). The van der Waals surface area contributed by atoms with Gasteiger partial charge in [-0.1, -0.05) is 30.3 Å². The van der Waals surface area contributed by atoms with Gasteiger partial charge in [-0.3, -0.25) is 4.79 Å². The fraction of sp³-hybridized carbons (Fsp3) is 0.333. The Morgan fingerprint density at radius 2 is 1.67 bits per heavy atom. The van der Waals surface area contributed by atoms with E-state index in [1.54, 1.807) is 19.2 Å². The van der Waals surface area contributed by atoms with Crippen LogP contribution >= 0.6 is 0 Å². The second kappa shape index (κ2) is 9.07. The third-order valence-corrected chi connectivity index (χ3v) is 4.64. The highest BCUT2D eigenvalue weighted by atomic mass is 16.6. The van der Waals surface area contributed by atoms with Crippen LogP contribution in [-0.4, -0.2) is 43.1 Å². The van der Waals surface area contributed by atoms with Crippen molar-refractivity contribution >= 4 is 12.0 Å². The molecule has 6 nitrogen and oxygen atoms in total. The molecule has 0 aliphatic carbocycles. The van der Waals surface area contributed by atoms with E-state index < -0.39 is 6.09 Å². The zero-order valence-electron chi connectivity index (χ0n) is 15.4. The highest BCUT2D eigenvalue weighted by Gasteiger charge is 2.24. The molecule has 0 atom stereocenters. The maximum atomic E-state index is 12.5. The topological polar surface area (TPSA) is 67.9 Å². The third kappa shape index (κ3) is 5.48. The normalized spacial score (nSPS) is 14.5. The molecular weight excluding hydrogens is 344 g/mol. The van der Waals surface area contributed by atoms with Crippen LogP contribution in [0.15, 0.2) is 54.6 Å². The number of amides is 2. The first kappa shape index (κ1) is 18.8. The molecular formula is C21H24N2O4. The predicted molar refractivity (Wildman–Crippen MR) is 102 cm³/mol. The maximum Gasteiger partial charge on any atom is 0.412 e. The van der Waals surface area contributed by atoms with Gasteiger partial charge in [0.05, 0.1) is 13.5 Å². The molecule has 0 radical (unpaired) electrons. The van der Waals surface area contributed by atoms with Crippen molar-refractivity contribution < 1.29 is 19.1 Å². The lowest BCUT2D eigenvalue weighted by atomic mass is 10.0. The summed E-state index contributed by atoms with van der Waals surface area (Å²) in [4.78, 5) is 26.3. The molecule has 142 valence electrons. The van der Waals surface area contributed by atoms with Gasteiger partial charge in [0, 0.05) is 19.1 Å². The quantitative estimate of drug-likeness (QED) is 0.881. The molecule has 0 saturated carbocycles. The smallest absolute Gasteiger partial charge is 0.412 e. The number of benzene rings is 2. The molecule has 1 aliphatic rings. The highest BCUT2D eigenvalue weighted by molar-refractivity contribution is 5.79. The molecule has 27 heavy (non-hydrogen) atoms. The monoisotopic (exact) mass is 368 g/mol. The van der Waals surface area contributed by atoms with Gasteiger partial charge in [0.25, 0.3) is 0 Å². The number of rotatable bonds is 5. The van der Waals surface area contributed by atoms with Gasteiger partial charge >= 0.3 is 6.09 Å². The van der Waals surface area contributed by atoms with Gasteiger partial charge in [0.1, 0.15) is 11.5 Å². The van der Waals surface area contributed by atoms with Gasteiger partial charge in [-0.15, -0.1) is 0 Å². The Bertz CT molecular complexity index is 754. The van der Waals surface area contributed by atoms with Crippen LogP contribution in [0.25, 0.3) is 0 Å². The van der Waals surface area contributed by atoms with Crippen molar-refractivity contribution in [3.05, 3.63) is 60.2 Å². The average molecular weight is 368 g/mol. The van der Waals surface area contributed by atoms with Crippen LogP contribution in [0.1, 0.15) is 18.4 Å². The Hall–Kier alpha value is -3.02. The van der Waals surface area contributed by atoms with Crippen LogP contribution in [0.3, 0.4) is 0 Å². The van der Waals surface area contributed by atoms with E-state index in [1.807, 2.05) is 47.4 Å². The number of hydrogen-bond acceptors (Lipinski definition) is 4. The summed E-state index contributed by atoms with van der Waals surface area (Å²) in [5.74, 6) is 1.40. The lowest BCUT2D eigenvalue weighted by molar-refractivity contribution is -0.131. The van der Waals surface area contributed by atoms with Crippen molar-refractivity contribution in [2.45, 2.75) is 25.3 Å². The number of nitrogens with zero attached hydrogens (tertiary/aromatic N) is 1. The number of methoxy groups -OCH3 is 1. The number of carbonyl (C=O) groups excluding carboxylic acids is 2. The van der Waals surface area contributed by atoms with Crippen LogP contribution in [0.4, 0.5) is 4.79 Å². The fourth-order valence-corrected chi connectivity index (χ4v) is 3.09. The number of para-hydroxylation sites is 1. The summed E-state index contributed by atoms with van der Waals surface area (Å²) >= 11 is 0. The van der Waals surface area contributed by atoms with Gasteiger partial charge in [0.2, 0.25) is 5.91 Å². The van der Waals surface area contributed by atoms with E-state index in [-0.39, 0.29) is 11.9 Å². The number of ether oxygens (including phenoxy) is 2. The van der Waals surface area contributed by atoms with Crippen LogP contribution in [0.5, 0.6) is 11.5 Å². The zero-order valence-corrected chi connectivity index (χ0v) is 15.4. The van der Waals surface area contributed by atoms with Crippen LogP contribution in [0.2, 0.25) is 0 Å². The molecule has 0 bridgehead atoms. The van der Waals surface area contributed by atoms with E-state index in [4.69, 9.17) is 9.47 Å². The van der Waals surface area contributed by atoms with Crippen molar-refractivity contribution in [2.75, 3.05) is 20.2 Å². The minimum Gasteiger partial charge on any atom is -0.497 e. The van der Waals surface area contributed by atoms with Crippen molar-refractivity contribution in [2.24, 2.45) is 0 Å². The highest BCUT2D eigenvalue weighted by Crippen LogP contribution is 2.16. The van der Waals surface area contributed by atoms with E-state index in [2.05, 4.69) is 5.32 Å². The predicted octanol–water partition coefficient (Wildman–Crippen LogP) is 3.02. The van der Waals surface area contributed by atoms with Gasteiger partial charge in [0.15, 0.2) is 0 Å². The summed E-state index contributed by atoms with van der Waals surface area (Å²) in [6.07, 6.45) is 1.36. The Balaban J connectivity index is 1.42. The zero-order chi connectivity index (χ0) is 19.1. The standard InChI is InChI=1S/C21H24N2O4/c1-26-18-9-7-16(8-10-18)15-20(24)23-13-11-17(12-14-23)22-21(25)27-19-5-3-2-4-6-19/h2-10,17H,11-15H2,1H3,(H,22,25). The minimum absolute atomic E-state index is 0.0197. The van der Waals surface area contributed by atoms with Crippen molar-refractivity contribution in [3.8, 4) is 11.5 Å². The Morgan fingerprint density at radius 3 is 2.30 bits per heavy atom. The molecule has 2 amide bonds. The summed E-state index contributed by atoms with van der Waals surface area (Å²) in [5.41, 5.74) is 0.965. The molecule has 0 aromatic heterocycles. The molecule has 6 heteroatoms. The summed E-state index contributed by atoms with van der Waals surface area (Å²) in [7, 11) is 1.62. The SMILES string of the molecule is COc1ccc(CC(=O)N2CCC(NC(=O)Oc3ccccc3)CC2)cc1. The fourth-order valence-electron chi connectivity index (χ4n) is 3.09. The average Bonchev–Trinajstić information content (AvgIpc) is 2.70. The first-order valence-corrected chi connectivity index (χ1v) is 9.08. The van der Waals surface area contributed by atoms with E-state index in [0.29, 0.717) is 25.3 Å². The second-order valence-corrected chi connectivity index (χ2v) is 6.53. The number of nitrogens with one attached hydrogen (secondary N) is 1. The molecule has 1 aliphatic heterocycles. The van der Waals surface area contributed by atoms with Gasteiger partial charge in [-0.05, 0) is 42.7 Å². The molecule has 1 heterocycles. The van der Waals surface area contributed by atoms with Gasteiger partial charge in [-0.25, -0.2) is 4.79 Å². The Labute approximate surface area is 159 Å². The largest absolute Gasteiger partial charge is 0.497 e. The second-order valence-electron chi connectivity index (χ2n) is 6.53. The van der Waals surface area contributed by atoms with E-state index >= 15 is 0 Å². The van der Waals surface area contributed by atoms with E-state index in [9.17, 15) is 9.59 Å². The van der Waals surface area contributed by atoms with E-state index in [0.717, 1.165) is 24.2 Å². The van der Waals surface area contributed by atoms with Crippen LogP contribution in [0, 0.1) is 0 Å². The number of carbonyl (C=O) groups is 2. The van der Waals surface area contributed by atoms with Crippen LogP contribution < -0.4 is 14.8 Å². The molecule has 2 aromatic rings.